The summed E-state index contributed by atoms with van der Waals surface area (Å²) >= 11 is 0. The topological polar surface area (TPSA) is 50.9 Å². The second-order valence-electron chi connectivity index (χ2n) is 18.0. The number of imidazole rings is 1. The van der Waals surface area contributed by atoms with Gasteiger partial charge in [0.2, 0.25) is 0 Å². The number of pyridine rings is 1. The van der Waals surface area contributed by atoms with E-state index in [1.807, 2.05) is 99.0 Å². The molecular weight excluding hydrogens is 938 g/mol. The van der Waals surface area contributed by atoms with Crippen LogP contribution < -0.4 is 0 Å². The molecule has 5 heteroatoms. The van der Waals surface area contributed by atoms with Crippen molar-refractivity contribution in [3.05, 3.63) is 167 Å². The molecule has 0 radical (unpaired) electrons. The molecule has 0 amide bonds. The van der Waals surface area contributed by atoms with Crippen LogP contribution in [0.4, 0.5) is 0 Å². The fraction of sp³-hybridized carbons (Fsp3) is 0.263. The summed E-state index contributed by atoms with van der Waals surface area (Å²) in [4.78, 5) is 10.3. The van der Waals surface area contributed by atoms with Gasteiger partial charge in [0, 0.05) is 48.2 Å². The van der Waals surface area contributed by atoms with Crippen molar-refractivity contribution >= 4 is 11.0 Å². The average Bonchev–Trinajstić information content (AvgIpc) is 3.67. The molecule has 8 aromatic rings. The van der Waals surface area contributed by atoms with Gasteiger partial charge in [0.25, 0.3) is 0 Å². The molecule has 318 valence electrons. The smallest absolute Gasteiger partial charge is 0.148 e. The normalized spacial score (nSPS) is 14.1. The third-order valence-electron chi connectivity index (χ3n) is 11.7. The maximum absolute atomic E-state index is 12.3. The van der Waals surface area contributed by atoms with E-state index < -0.39 is 19.6 Å². The van der Waals surface area contributed by atoms with Crippen LogP contribution in [0.25, 0.3) is 72.7 Å². The van der Waals surface area contributed by atoms with Crippen molar-refractivity contribution in [3.63, 3.8) is 0 Å². The van der Waals surface area contributed by atoms with Gasteiger partial charge in [-0.25, -0.2) is 4.98 Å². The zero-order valence-corrected chi connectivity index (χ0v) is 39.2. The molecule has 2 aromatic heterocycles. The molecule has 0 saturated heterocycles. The Kier molecular flexibility index (Phi) is 10.2. The Labute approximate surface area is 393 Å². The van der Waals surface area contributed by atoms with E-state index in [0.29, 0.717) is 33.7 Å². The number of aromatic nitrogens is 3. The van der Waals surface area contributed by atoms with Gasteiger partial charge in [-0.05, 0) is 117 Å². The molecule has 4 nitrogen and oxygen atoms in total. The number of benzene rings is 6. The van der Waals surface area contributed by atoms with E-state index in [0.717, 1.165) is 55.8 Å². The third kappa shape index (κ3) is 8.60. The van der Waals surface area contributed by atoms with E-state index in [-0.39, 0.29) is 60.8 Å². The first-order chi connectivity index (χ1) is 31.8. The first-order valence-electron chi connectivity index (χ1n) is 24.6. The Morgan fingerprint density at radius 3 is 2.08 bits per heavy atom. The van der Waals surface area contributed by atoms with E-state index in [9.17, 15) is 5.11 Å². The molecule has 0 bridgehead atoms. The van der Waals surface area contributed by atoms with E-state index in [2.05, 4.69) is 58.9 Å². The molecular formula is C57H58N3OPt-. The molecule has 1 N–H and O–H groups in total. The minimum Gasteiger partial charge on any atom is -0.507 e. The summed E-state index contributed by atoms with van der Waals surface area (Å²) in [5.74, 6) is -0.227. The van der Waals surface area contributed by atoms with Crippen molar-refractivity contribution < 1.29 is 35.8 Å². The summed E-state index contributed by atoms with van der Waals surface area (Å²) in [6, 6.07) is 42.1. The maximum Gasteiger partial charge on any atom is 0.148 e. The first kappa shape index (κ1) is 36.0. The molecule has 0 aliphatic rings. The Morgan fingerprint density at radius 1 is 0.677 bits per heavy atom. The fourth-order valence-corrected chi connectivity index (χ4v) is 8.02. The number of rotatable bonds is 9. The molecule has 0 unspecified atom stereocenters. The molecule has 8 rings (SSSR count). The second-order valence-corrected chi connectivity index (χ2v) is 18.0. The molecule has 0 aliphatic heterocycles. The summed E-state index contributed by atoms with van der Waals surface area (Å²) < 4.78 is 62.6. The maximum atomic E-state index is 12.3. The summed E-state index contributed by atoms with van der Waals surface area (Å²) in [5.41, 5.74) is 10.8. The van der Waals surface area contributed by atoms with Crippen LogP contribution in [-0.2, 0) is 26.5 Å². The van der Waals surface area contributed by atoms with E-state index in [1.165, 1.54) is 6.07 Å². The van der Waals surface area contributed by atoms with Crippen molar-refractivity contribution in [2.75, 3.05) is 0 Å². The fourth-order valence-electron chi connectivity index (χ4n) is 8.02. The van der Waals surface area contributed by atoms with E-state index >= 15 is 0 Å². The molecule has 2 heterocycles. The zero-order valence-electron chi connectivity index (χ0n) is 43.9. The predicted molar refractivity (Wildman–Crippen MR) is 257 cm³/mol. The molecule has 6 aromatic carbocycles. The summed E-state index contributed by atoms with van der Waals surface area (Å²) in [6.07, 6.45) is 1.80. The van der Waals surface area contributed by atoms with Crippen LogP contribution in [0.5, 0.6) is 5.75 Å². The third-order valence-corrected chi connectivity index (χ3v) is 11.7. The van der Waals surface area contributed by atoms with Crippen molar-refractivity contribution in [2.45, 2.75) is 99.2 Å². The van der Waals surface area contributed by atoms with Crippen LogP contribution in [0.15, 0.2) is 128 Å². The van der Waals surface area contributed by atoms with Crippen LogP contribution in [0.3, 0.4) is 0 Å². The minimum absolute atomic E-state index is 0. The number of para-hydroxylation sites is 1. The van der Waals surface area contributed by atoms with Crippen LogP contribution in [-0.4, -0.2) is 19.6 Å². The quantitative estimate of drug-likeness (QED) is 0.147. The molecule has 62 heavy (non-hydrogen) atoms. The largest absolute Gasteiger partial charge is 0.507 e. The number of aromatic hydroxyl groups is 1. The van der Waals surface area contributed by atoms with Crippen LogP contribution in [0.2, 0.25) is 0 Å². The number of phenols is 1. The standard InChI is InChI=1S/C57H58N3O.Pt/c1-34(2)39-20-22-40(23-21-39)42-24-25-58-52(32-42)45-27-44(28-46(29-45)57(9,10)11)48-18-15-19-53-54(48)59-56(51-31-43(35(3)4)30-49(36(5)6)55(51)61)60(53)47-26-37(7)38(8)50(33-47)41-16-13-12-14-17-41;/h12-26,28-36,61H,1-11H3;/q-1;/i7D3,8D3,34D;. The van der Waals surface area contributed by atoms with Crippen LogP contribution in [0, 0.1) is 19.8 Å². The number of hydrogen-bond acceptors (Lipinski definition) is 3. The molecule has 0 fully saturated rings. The number of phenolic OH excluding ortho intramolecular Hbond substituents is 1. The van der Waals surface area contributed by atoms with Crippen LogP contribution >= 0.6 is 0 Å². The van der Waals surface area contributed by atoms with Crippen molar-refractivity contribution in [3.8, 4) is 67.5 Å². The van der Waals surface area contributed by atoms with Gasteiger partial charge < -0.3 is 5.11 Å². The van der Waals surface area contributed by atoms with Gasteiger partial charge in [0.05, 0.1) is 16.6 Å². The van der Waals surface area contributed by atoms with Crippen LogP contribution in [0.1, 0.15) is 123 Å². The average molecular weight is 1000 g/mol. The van der Waals surface area contributed by atoms with Gasteiger partial charge in [-0.3, -0.25) is 9.55 Å². The van der Waals surface area contributed by atoms with Gasteiger partial charge in [-0.1, -0.05) is 152 Å². The molecule has 0 aliphatic carbocycles. The number of aryl methyl sites for hydroxylation is 1. The predicted octanol–water partition coefficient (Wildman–Crippen LogP) is 15.5. The minimum atomic E-state index is -2.80. The van der Waals surface area contributed by atoms with Crippen molar-refractivity contribution in [1.82, 2.24) is 14.5 Å². The van der Waals surface area contributed by atoms with E-state index in [1.54, 1.807) is 36.5 Å². The van der Waals surface area contributed by atoms with E-state index in [4.69, 9.17) is 19.6 Å². The van der Waals surface area contributed by atoms with Gasteiger partial charge in [-0.2, -0.15) is 0 Å². The van der Waals surface area contributed by atoms with Crippen molar-refractivity contribution in [1.29, 1.82) is 0 Å². The van der Waals surface area contributed by atoms with Gasteiger partial charge in [-0.15, -0.1) is 29.3 Å². The van der Waals surface area contributed by atoms with Gasteiger partial charge >= 0.3 is 0 Å². The first-order valence-corrected chi connectivity index (χ1v) is 21.1. The summed E-state index contributed by atoms with van der Waals surface area (Å²) in [6.45, 7) is 12.9. The monoisotopic (exact) mass is 1000 g/mol. The second kappa shape index (κ2) is 17.7. The molecule has 0 saturated carbocycles. The Morgan fingerprint density at radius 2 is 1.42 bits per heavy atom. The molecule has 0 spiro atoms. The van der Waals surface area contributed by atoms with Gasteiger partial charge in [0.1, 0.15) is 11.6 Å². The number of hydrogen-bond donors (Lipinski definition) is 1. The number of fused-ring (bicyclic) bond motifs is 1. The van der Waals surface area contributed by atoms with Gasteiger partial charge in [0.15, 0.2) is 0 Å². The van der Waals surface area contributed by atoms with Crippen molar-refractivity contribution in [2.24, 2.45) is 0 Å². The number of nitrogens with zero attached hydrogens (tertiary/aromatic N) is 3. The summed E-state index contributed by atoms with van der Waals surface area (Å²) in [7, 11) is 0. The SMILES string of the molecule is [2H]C([2H])([2H])c1cc(-n2c(-c3cc(C(C)C)cc(C(C)C)c3O)nc3c(-c4[c-]c(-c5cc(-c6ccc(C([2H])(C)C)cc6)ccn5)cc(C(C)(C)C)c4)cccc32)cc(-c2ccccc2)c1C([2H])([2H])[2H].[Pt]. The molecule has 0 atom stereocenters. The summed E-state index contributed by atoms with van der Waals surface area (Å²) in [5, 5.41) is 12.3. The zero-order chi connectivity index (χ0) is 49.2. The Bertz CT molecular complexity index is 3180. The Hall–Kier alpha value is -5.57. The Balaban J connectivity index is 0.00000703.